The fraction of sp³-hybridized carbons (Fsp3) is 0.444. The van der Waals surface area contributed by atoms with Crippen LogP contribution < -0.4 is 0 Å². The smallest absolute Gasteiger partial charge is 0.354 e. The van der Waals surface area contributed by atoms with E-state index in [-0.39, 0.29) is 12.1 Å². The first-order valence-electron chi connectivity index (χ1n) is 4.22. The van der Waals surface area contributed by atoms with Crippen molar-refractivity contribution in [3.05, 3.63) is 11.8 Å². The molecule has 1 aliphatic rings. The number of carbonyl (C=O) groups is 2. The lowest BCUT2D eigenvalue weighted by Crippen LogP contribution is -2.28. The third-order valence-corrected chi connectivity index (χ3v) is 1.94. The first-order chi connectivity index (χ1) is 7.08. The highest BCUT2D eigenvalue weighted by molar-refractivity contribution is 6.40. The van der Waals surface area contributed by atoms with Gasteiger partial charge < -0.3 is 14.6 Å². The molecule has 1 unspecified atom stereocenters. The Labute approximate surface area is 86.2 Å². The molecule has 0 bridgehead atoms. The number of hydrogen-bond acceptors (Lipinski definition) is 5. The van der Waals surface area contributed by atoms with Gasteiger partial charge in [-0.15, -0.1) is 0 Å². The van der Waals surface area contributed by atoms with Gasteiger partial charge in [0, 0.05) is 12.5 Å². The molecule has 0 saturated heterocycles. The van der Waals surface area contributed by atoms with Crippen LogP contribution in [0.25, 0.3) is 0 Å². The number of hydrogen-bond donors (Lipinski definition) is 1. The van der Waals surface area contributed by atoms with Gasteiger partial charge in [-0.2, -0.15) is 0 Å². The van der Waals surface area contributed by atoms with E-state index < -0.39 is 18.0 Å². The number of nitrogens with zero attached hydrogens (tertiary/aromatic N) is 1. The van der Waals surface area contributed by atoms with Crippen molar-refractivity contribution >= 4 is 17.7 Å². The molecule has 0 saturated carbocycles. The molecular weight excluding hydrogens is 202 g/mol. The van der Waals surface area contributed by atoms with Crippen LogP contribution >= 0.6 is 0 Å². The highest BCUT2D eigenvalue weighted by Gasteiger charge is 2.26. The van der Waals surface area contributed by atoms with Crippen LogP contribution in [0.3, 0.4) is 0 Å². The first-order valence-corrected chi connectivity index (χ1v) is 4.22. The van der Waals surface area contributed by atoms with E-state index in [2.05, 4.69) is 9.73 Å². The molecule has 15 heavy (non-hydrogen) atoms. The van der Waals surface area contributed by atoms with E-state index in [0.29, 0.717) is 5.76 Å². The minimum Gasteiger partial charge on any atom is -0.501 e. The lowest BCUT2D eigenvalue weighted by atomic mass is 10.1. The quantitative estimate of drug-likeness (QED) is 0.666. The fourth-order valence-electron chi connectivity index (χ4n) is 1.18. The number of carboxylic acids is 1. The number of dihydropyridines is 1. The van der Waals surface area contributed by atoms with Gasteiger partial charge in [0.2, 0.25) is 0 Å². The summed E-state index contributed by atoms with van der Waals surface area (Å²) in [5, 5.41) is 8.74. The van der Waals surface area contributed by atoms with E-state index in [1.54, 1.807) is 0 Å². The van der Waals surface area contributed by atoms with E-state index in [1.165, 1.54) is 20.3 Å². The Morgan fingerprint density at radius 2 is 2.20 bits per heavy atom. The third kappa shape index (κ3) is 2.55. The van der Waals surface area contributed by atoms with E-state index in [0.717, 1.165) is 0 Å². The summed E-state index contributed by atoms with van der Waals surface area (Å²) in [6.07, 6.45) is 1.52. The Hall–Kier alpha value is -1.85. The molecule has 0 aliphatic carbocycles. The molecule has 0 aromatic rings. The molecule has 1 rings (SSSR count). The maximum atomic E-state index is 11.2. The lowest BCUT2D eigenvalue weighted by Gasteiger charge is -2.16. The summed E-state index contributed by atoms with van der Waals surface area (Å²) in [7, 11) is 2.63. The van der Waals surface area contributed by atoms with Crippen LogP contribution in [0, 0.1) is 0 Å². The number of carbonyl (C=O) groups excluding carboxylic acids is 1. The van der Waals surface area contributed by atoms with E-state index >= 15 is 0 Å². The molecule has 1 aliphatic heterocycles. The number of rotatable bonds is 3. The maximum Gasteiger partial charge on any atom is 0.354 e. The van der Waals surface area contributed by atoms with Crippen molar-refractivity contribution in [1.82, 2.24) is 0 Å². The third-order valence-electron chi connectivity index (χ3n) is 1.94. The summed E-state index contributed by atoms with van der Waals surface area (Å²) < 4.78 is 9.39. The summed E-state index contributed by atoms with van der Waals surface area (Å²) in [4.78, 5) is 25.6. The topological polar surface area (TPSA) is 85.2 Å². The Balaban J connectivity index is 2.93. The van der Waals surface area contributed by atoms with Gasteiger partial charge in [-0.3, -0.25) is 4.99 Å². The molecule has 6 heteroatoms. The van der Waals surface area contributed by atoms with Gasteiger partial charge in [-0.25, -0.2) is 9.59 Å². The van der Waals surface area contributed by atoms with Crippen LogP contribution in [0.15, 0.2) is 16.8 Å². The predicted octanol–water partition coefficient (Wildman–Crippen LogP) is -0.0124. The highest BCUT2D eigenvalue weighted by Crippen LogP contribution is 2.16. The van der Waals surface area contributed by atoms with E-state index in [9.17, 15) is 9.59 Å². The number of aliphatic imine (C=N–C) groups is 1. The summed E-state index contributed by atoms with van der Waals surface area (Å²) in [6, 6.07) is -0.832. The van der Waals surface area contributed by atoms with E-state index in [4.69, 9.17) is 9.84 Å². The van der Waals surface area contributed by atoms with Crippen LogP contribution in [-0.4, -0.2) is 43.0 Å². The van der Waals surface area contributed by atoms with Crippen LogP contribution in [0.2, 0.25) is 0 Å². The van der Waals surface area contributed by atoms with Crippen LogP contribution in [0.1, 0.15) is 6.42 Å². The molecule has 1 N–H and O–H groups in total. The first kappa shape index (κ1) is 11.2. The molecule has 0 spiro atoms. The molecule has 0 fully saturated rings. The van der Waals surface area contributed by atoms with Crippen LogP contribution in [0.4, 0.5) is 0 Å². The number of carboxylic acid groups (broad SMARTS) is 1. The Morgan fingerprint density at radius 3 is 2.67 bits per heavy atom. The zero-order valence-corrected chi connectivity index (χ0v) is 8.39. The van der Waals surface area contributed by atoms with Crippen molar-refractivity contribution in [2.24, 2.45) is 4.99 Å². The summed E-state index contributed by atoms with van der Waals surface area (Å²) >= 11 is 0. The molecule has 6 nitrogen and oxygen atoms in total. The average molecular weight is 213 g/mol. The normalized spacial score (nSPS) is 20.0. The monoisotopic (exact) mass is 213 g/mol. The highest BCUT2D eigenvalue weighted by atomic mass is 16.5. The second-order valence-corrected chi connectivity index (χ2v) is 2.88. The standard InChI is InChI=1S/C9H11NO5/c1-14-5-3-6(8(11)12)10-7(4-5)9(13)15-2/h3,7H,4H2,1-2H3,(H,11,12). The number of methoxy groups -OCH3 is 2. The second kappa shape index (κ2) is 4.59. The van der Waals surface area contributed by atoms with Crippen molar-refractivity contribution in [2.75, 3.05) is 14.2 Å². The average Bonchev–Trinajstić information content (AvgIpc) is 2.27. The molecule has 82 valence electrons. The van der Waals surface area contributed by atoms with Crippen molar-refractivity contribution in [2.45, 2.75) is 12.5 Å². The second-order valence-electron chi connectivity index (χ2n) is 2.88. The molecule has 1 heterocycles. The Kier molecular flexibility index (Phi) is 3.43. The summed E-state index contributed by atoms with van der Waals surface area (Å²) in [5.74, 6) is -1.37. The van der Waals surface area contributed by atoms with Gasteiger partial charge in [-0.1, -0.05) is 0 Å². The van der Waals surface area contributed by atoms with Gasteiger partial charge in [0.15, 0.2) is 6.04 Å². The zero-order valence-electron chi connectivity index (χ0n) is 8.39. The van der Waals surface area contributed by atoms with Gasteiger partial charge in [0.25, 0.3) is 0 Å². The molecule has 0 radical (unpaired) electrons. The number of esters is 1. The van der Waals surface area contributed by atoms with Crippen LogP contribution in [-0.2, 0) is 19.1 Å². The Morgan fingerprint density at radius 1 is 1.53 bits per heavy atom. The van der Waals surface area contributed by atoms with Gasteiger partial charge >= 0.3 is 11.9 Å². The SMILES string of the molecule is COC(=O)C1CC(OC)=CC(C(=O)O)=N1. The Bertz CT molecular complexity index is 344. The van der Waals surface area contributed by atoms with Gasteiger partial charge in [0.1, 0.15) is 11.5 Å². The predicted molar refractivity (Wildman–Crippen MR) is 50.6 cm³/mol. The van der Waals surface area contributed by atoms with Gasteiger partial charge in [-0.05, 0) is 0 Å². The molecule has 0 aromatic carbocycles. The van der Waals surface area contributed by atoms with Crippen molar-refractivity contribution in [3.8, 4) is 0 Å². The van der Waals surface area contributed by atoms with Gasteiger partial charge in [0.05, 0.1) is 14.2 Å². The number of aliphatic carboxylic acids is 1. The largest absolute Gasteiger partial charge is 0.501 e. The number of ether oxygens (including phenoxy) is 2. The molecule has 0 amide bonds. The van der Waals surface area contributed by atoms with E-state index in [1.807, 2.05) is 0 Å². The van der Waals surface area contributed by atoms with Crippen molar-refractivity contribution in [3.63, 3.8) is 0 Å². The minimum absolute atomic E-state index is 0.200. The zero-order chi connectivity index (χ0) is 11.4. The molecule has 0 aromatic heterocycles. The van der Waals surface area contributed by atoms with Crippen LogP contribution in [0.5, 0.6) is 0 Å². The molecule has 1 atom stereocenters. The van der Waals surface area contributed by atoms with Crippen molar-refractivity contribution in [1.29, 1.82) is 0 Å². The maximum absolute atomic E-state index is 11.2. The lowest BCUT2D eigenvalue weighted by molar-refractivity contribution is -0.142. The van der Waals surface area contributed by atoms with Crippen molar-refractivity contribution < 1.29 is 24.2 Å². The minimum atomic E-state index is -1.20. The molecular formula is C9H11NO5. The summed E-state index contributed by atoms with van der Waals surface area (Å²) in [6.45, 7) is 0. The summed E-state index contributed by atoms with van der Waals surface area (Å²) in [5.41, 5.74) is -0.200. The fourth-order valence-corrected chi connectivity index (χ4v) is 1.18.